The molecule has 1 aliphatic heterocycles. The molecule has 2 N–H and O–H groups in total. The van der Waals surface area contributed by atoms with Crippen LogP contribution in [0.3, 0.4) is 0 Å². The monoisotopic (exact) mass is 429 g/mol. The van der Waals surface area contributed by atoms with Crippen molar-refractivity contribution in [3.8, 4) is 0 Å². The normalized spacial score (nSPS) is 18.1. The Kier molecular flexibility index (Phi) is 6.99. The predicted octanol–water partition coefficient (Wildman–Crippen LogP) is 7.08. The predicted molar refractivity (Wildman–Crippen MR) is 136 cm³/mol. The van der Waals surface area contributed by atoms with Crippen molar-refractivity contribution in [3.05, 3.63) is 96.1 Å². The molecule has 31 heavy (non-hydrogen) atoms. The Bertz CT molecular complexity index is 1160. The summed E-state index contributed by atoms with van der Waals surface area (Å²) < 4.78 is 4.91. The first-order valence-corrected chi connectivity index (χ1v) is 12.5. The molecule has 0 aromatic heterocycles. The molecule has 4 heteroatoms. The van der Waals surface area contributed by atoms with Gasteiger partial charge in [0.15, 0.2) is 0 Å². The zero-order valence-corrected chi connectivity index (χ0v) is 19.6. The van der Waals surface area contributed by atoms with E-state index in [0.717, 1.165) is 19.6 Å². The maximum absolute atomic E-state index is 6.75. The molecule has 1 saturated heterocycles. The van der Waals surface area contributed by atoms with Gasteiger partial charge in [0.2, 0.25) is 0 Å². The Morgan fingerprint density at radius 1 is 0.774 bits per heavy atom. The maximum atomic E-state index is 6.75. The van der Waals surface area contributed by atoms with E-state index in [1.165, 1.54) is 32.7 Å². The van der Waals surface area contributed by atoms with E-state index < -0.39 is 8.37 Å². The van der Waals surface area contributed by atoms with Crippen LogP contribution < -0.4 is 5.50 Å². The minimum absolute atomic E-state index is 0.317. The molecule has 0 amide bonds. The Labute approximate surface area is 187 Å². The van der Waals surface area contributed by atoms with Crippen molar-refractivity contribution in [1.82, 2.24) is 9.34 Å². The Morgan fingerprint density at radius 2 is 1.35 bits per heavy atom. The zero-order valence-electron chi connectivity index (χ0n) is 18.7. The minimum atomic E-state index is -0.798. The summed E-state index contributed by atoms with van der Waals surface area (Å²) in [7, 11) is -0.798. The van der Waals surface area contributed by atoms with E-state index in [0.29, 0.717) is 6.04 Å². The van der Waals surface area contributed by atoms with Crippen molar-refractivity contribution in [2.45, 2.75) is 33.4 Å². The summed E-state index contributed by atoms with van der Waals surface area (Å²) in [4.78, 5) is 0. The first kappa shape index (κ1) is 21.9. The SMILES string of the molecule is CC.CC(c1ccc2ccccc2c1)N1CCN(Cc2ccc3ccccc3c2)P1N. The molecule has 0 radical (unpaired) electrons. The highest BCUT2D eigenvalue weighted by Crippen LogP contribution is 2.47. The van der Waals surface area contributed by atoms with Crippen LogP contribution in [0.25, 0.3) is 21.5 Å². The van der Waals surface area contributed by atoms with Crippen molar-refractivity contribution in [2.75, 3.05) is 13.1 Å². The molecule has 2 unspecified atom stereocenters. The second-order valence-electron chi connectivity index (χ2n) is 7.84. The molecule has 4 aromatic rings. The molecule has 1 fully saturated rings. The van der Waals surface area contributed by atoms with Crippen LogP contribution in [0.2, 0.25) is 0 Å². The first-order valence-electron chi connectivity index (χ1n) is 11.2. The van der Waals surface area contributed by atoms with Crippen LogP contribution in [0, 0.1) is 0 Å². The van der Waals surface area contributed by atoms with Gasteiger partial charge in [0.1, 0.15) is 8.37 Å². The average Bonchev–Trinajstić information content (AvgIpc) is 3.19. The van der Waals surface area contributed by atoms with Crippen LogP contribution in [0.4, 0.5) is 0 Å². The fourth-order valence-corrected chi connectivity index (χ4v) is 6.01. The van der Waals surface area contributed by atoms with E-state index in [-0.39, 0.29) is 0 Å². The standard InChI is InChI=1S/C25H26N3P.C2H6/c1-19(23-13-12-22-7-3-5-9-25(22)17-23)28-15-14-27(29(28)26)18-20-10-11-21-6-2-4-8-24(21)16-20;1-2/h2-13,16-17,19H,14-15,18,26H2,1H3;1-2H3. The number of nitrogens with two attached hydrogens (primary N) is 1. The van der Waals surface area contributed by atoms with E-state index in [9.17, 15) is 0 Å². The highest BCUT2D eigenvalue weighted by molar-refractivity contribution is 7.50. The lowest BCUT2D eigenvalue weighted by Crippen LogP contribution is -2.23. The van der Waals surface area contributed by atoms with Gasteiger partial charge in [-0.15, -0.1) is 0 Å². The van der Waals surface area contributed by atoms with Gasteiger partial charge in [-0.1, -0.05) is 86.6 Å². The second-order valence-corrected chi connectivity index (χ2v) is 9.56. The summed E-state index contributed by atoms with van der Waals surface area (Å²) in [5.74, 6) is 0. The second kappa shape index (κ2) is 9.89. The van der Waals surface area contributed by atoms with Crippen molar-refractivity contribution >= 4 is 29.9 Å². The highest BCUT2D eigenvalue weighted by atomic mass is 31.1. The molecule has 0 bridgehead atoms. The topological polar surface area (TPSA) is 32.5 Å². The third kappa shape index (κ3) is 4.66. The van der Waals surface area contributed by atoms with Gasteiger partial charge >= 0.3 is 0 Å². The van der Waals surface area contributed by atoms with E-state index >= 15 is 0 Å². The lowest BCUT2D eigenvalue weighted by Gasteiger charge is -2.31. The molecule has 1 aliphatic rings. The molecule has 0 spiro atoms. The number of nitrogens with zero attached hydrogens (tertiary/aromatic N) is 2. The van der Waals surface area contributed by atoms with E-state index in [1.54, 1.807) is 0 Å². The summed E-state index contributed by atoms with van der Waals surface area (Å²) >= 11 is 0. The Morgan fingerprint density at radius 3 is 2.03 bits per heavy atom. The molecule has 0 aliphatic carbocycles. The number of hydrogen-bond donors (Lipinski definition) is 1. The number of fused-ring (bicyclic) bond motifs is 2. The quantitative estimate of drug-likeness (QED) is 0.352. The molecule has 1 heterocycles. The summed E-state index contributed by atoms with van der Waals surface area (Å²) in [5, 5.41) is 5.18. The molecular formula is C27H32N3P. The number of rotatable bonds is 4. The van der Waals surface area contributed by atoms with Gasteiger partial charge in [-0.25, -0.2) is 4.67 Å². The number of benzene rings is 4. The molecular weight excluding hydrogens is 397 g/mol. The fraction of sp³-hybridized carbons (Fsp3) is 0.259. The summed E-state index contributed by atoms with van der Waals surface area (Å²) in [6.45, 7) is 9.23. The minimum Gasteiger partial charge on any atom is -0.285 e. The zero-order chi connectivity index (χ0) is 21.8. The highest BCUT2D eigenvalue weighted by Gasteiger charge is 2.33. The Hall–Kier alpha value is -2.29. The third-order valence-electron chi connectivity index (χ3n) is 6.02. The smallest absolute Gasteiger partial charge is 0.115 e. The van der Waals surface area contributed by atoms with Crippen molar-refractivity contribution in [1.29, 1.82) is 0 Å². The van der Waals surface area contributed by atoms with Crippen molar-refractivity contribution in [2.24, 2.45) is 5.50 Å². The van der Waals surface area contributed by atoms with Crippen LogP contribution in [0.5, 0.6) is 0 Å². The van der Waals surface area contributed by atoms with Crippen LogP contribution >= 0.6 is 8.37 Å². The van der Waals surface area contributed by atoms with Crippen molar-refractivity contribution < 1.29 is 0 Å². The Balaban J connectivity index is 0.00000112. The van der Waals surface area contributed by atoms with Crippen LogP contribution in [-0.4, -0.2) is 22.4 Å². The molecule has 2 atom stereocenters. The van der Waals surface area contributed by atoms with E-state index in [4.69, 9.17) is 5.50 Å². The molecule has 3 nitrogen and oxygen atoms in total. The van der Waals surface area contributed by atoms with Crippen LogP contribution in [0.15, 0.2) is 84.9 Å². The first-order chi connectivity index (χ1) is 15.2. The molecule has 4 aromatic carbocycles. The van der Waals surface area contributed by atoms with Gasteiger partial charge in [0, 0.05) is 25.7 Å². The summed E-state index contributed by atoms with van der Waals surface area (Å²) in [6, 6.07) is 31.0. The molecule has 160 valence electrons. The van der Waals surface area contributed by atoms with Crippen LogP contribution in [0.1, 0.15) is 37.9 Å². The largest absolute Gasteiger partial charge is 0.285 e. The van der Waals surface area contributed by atoms with Gasteiger partial charge in [-0.2, -0.15) is 0 Å². The van der Waals surface area contributed by atoms with Gasteiger partial charge in [-0.3, -0.25) is 10.2 Å². The molecule has 0 saturated carbocycles. The molecule has 5 rings (SSSR count). The van der Waals surface area contributed by atoms with Gasteiger partial charge < -0.3 is 0 Å². The lowest BCUT2D eigenvalue weighted by atomic mass is 10.0. The van der Waals surface area contributed by atoms with E-state index in [2.05, 4.69) is 101 Å². The number of hydrogen-bond acceptors (Lipinski definition) is 3. The summed E-state index contributed by atoms with van der Waals surface area (Å²) in [6.07, 6.45) is 0. The summed E-state index contributed by atoms with van der Waals surface area (Å²) in [5.41, 5.74) is 9.43. The maximum Gasteiger partial charge on any atom is 0.115 e. The average molecular weight is 430 g/mol. The van der Waals surface area contributed by atoms with Gasteiger partial charge in [0.05, 0.1) is 0 Å². The van der Waals surface area contributed by atoms with E-state index in [1.807, 2.05) is 13.8 Å². The van der Waals surface area contributed by atoms with Gasteiger partial charge in [0.25, 0.3) is 0 Å². The van der Waals surface area contributed by atoms with Gasteiger partial charge in [-0.05, 0) is 51.7 Å². The third-order valence-corrected chi connectivity index (χ3v) is 8.02. The van der Waals surface area contributed by atoms with Crippen molar-refractivity contribution in [3.63, 3.8) is 0 Å². The fourth-order valence-electron chi connectivity index (χ4n) is 4.30. The lowest BCUT2D eigenvalue weighted by molar-refractivity contribution is 0.393. The van der Waals surface area contributed by atoms with Crippen LogP contribution in [-0.2, 0) is 6.54 Å².